The maximum atomic E-state index is 11.1. The maximum absolute atomic E-state index is 11.1. The highest BCUT2D eigenvalue weighted by Crippen LogP contribution is 1.95. The van der Waals surface area contributed by atoms with E-state index in [4.69, 9.17) is 0 Å². The Morgan fingerprint density at radius 1 is 1.13 bits per heavy atom. The minimum absolute atomic E-state index is 0.210. The minimum atomic E-state index is -1.36. The van der Waals surface area contributed by atoms with Crippen molar-refractivity contribution in [1.82, 2.24) is 0 Å². The summed E-state index contributed by atoms with van der Waals surface area (Å²) in [5, 5.41) is 0. The lowest BCUT2D eigenvalue weighted by molar-refractivity contribution is -0.109. The molecule has 0 amide bonds. The summed E-state index contributed by atoms with van der Waals surface area (Å²) < 4.78 is 0. The van der Waals surface area contributed by atoms with Crippen molar-refractivity contribution >= 4 is 13.9 Å². The van der Waals surface area contributed by atoms with Crippen LogP contribution in [0.4, 0.5) is 0 Å². The molecule has 0 atom stereocenters. The number of hydrogen-bond acceptors (Lipinski definition) is 1. The highest BCUT2D eigenvalue weighted by molar-refractivity contribution is 6.83. The Morgan fingerprint density at radius 2 is 1.80 bits per heavy atom. The molecule has 0 rings (SSSR count). The maximum Gasteiger partial charge on any atom is 0.229 e. The van der Waals surface area contributed by atoms with Crippen LogP contribution in [0.2, 0.25) is 19.6 Å². The van der Waals surface area contributed by atoms with Gasteiger partial charge in [0, 0.05) is 0 Å². The molecule has 0 N–H and O–H groups in total. The summed E-state index contributed by atoms with van der Waals surface area (Å²) in [4.78, 5) is 11.1. The minimum Gasteiger partial charge on any atom is -0.280 e. The summed E-state index contributed by atoms with van der Waals surface area (Å²) in [7, 11) is -1.36. The van der Waals surface area contributed by atoms with E-state index in [-0.39, 0.29) is 5.78 Å². The summed E-state index contributed by atoms with van der Waals surface area (Å²) in [5.41, 5.74) is 3.07. The molecule has 0 spiro atoms. The number of ketones is 1. The summed E-state index contributed by atoms with van der Waals surface area (Å²) in [6, 6.07) is 0. The van der Waals surface area contributed by atoms with Crippen LogP contribution >= 0.6 is 0 Å². The molecule has 0 heterocycles. The third kappa shape index (κ3) is 10.4. The van der Waals surface area contributed by atoms with Gasteiger partial charge in [0.2, 0.25) is 5.78 Å². The second-order valence-corrected chi connectivity index (χ2v) is 8.75. The van der Waals surface area contributed by atoms with Crippen molar-refractivity contribution in [3.05, 3.63) is 24.3 Å². The van der Waals surface area contributed by atoms with Gasteiger partial charge in [-0.1, -0.05) is 37.9 Å². The first-order chi connectivity index (χ1) is 6.95. The molecule has 0 aliphatic carbocycles. The van der Waals surface area contributed by atoms with Crippen molar-refractivity contribution in [3.8, 4) is 23.3 Å². The van der Waals surface area contributed by atoms with Crippen molar-refractivity contribution in [2.75, 3.05) is 0 Å². The quantitative estimate of drug-likeness (QED) is 0.228. The molecule has 0 bridgehead atoms. The number of carbonyl (C=O) groups is 1. The molecule has 2 heteroatoms. The molecule has 0 fully saturated rings. The van der Waals surface area contributed by atoms with Crippen LogP contribution in [0.15, 0.2) is 24.3 Å². The van der Waals surface area contributed by atoms with Crippen LogP contribution < -0.4 is 0 Å². The lowest BCUT2D eigenvalue weighted by Gasteiger charge is -2.01. The Balaban J connectivity index is 4.29. The fourth-order valence-electron chi connectivity index (χ4n) is 0.607. The van der Waals surface area contributed by atoms with Gasteiger partial charge in [-0.2, -0.15) is 0 Å². The van der Waals surface area contributed by atoms with Crippen LogP contribution in [0.5, 0.6) is 0 Å². The average molecular weight is 216 g/mol. The topological polar surface area (TPSA) is 17.1 Å². The predicted molar refractivity (Wildman–Crippen MR) is 67.9 cm³/mol. The van der Waals surface area contributed by atoms with Gasteiger partial charge in [0.15, 0.2) is 0 Å². The van der Waals surface area contributed by atoms with E-state index < -0.39 is 8.07 Å². The smallest absolute Gasteiger partial charge is 0.229 e. The third-order valence-corrected chi connectivity index (χ3v) is 2.11. The molecule has 0 radical (unpaired) electrons. The normalized spacial score (nSPS) is 10.7. The fourth-order valence-corrected chi connectivity index (χ4v) is 1.04. The van der Waals surface area contributed by atoms with Gasteiger partial charge in [0.1, 0.15) is 8.07 Å². The van der Waals surface area contributed by atoms with Gasteiger partial charge in [-0.15, -0.1) is 5.54 Å². The van der Waals surface area contributed by atoms with E-state index >= 15 is 0 Å². The van der Waals surface area contributed by atoms with E-state index in [0.717, 1.165) is 0 Å². The second kappa shape index (κ2) is 6.87. The van der Waals surface area contributed by atoms with Crippen LogP contribution in [0.3, 0.4) is 0 Å². The van der Waals surface area contributed by atoms with Gasteiger partial charge in [-0.05, 0) is 30.8 Å². The summed E-state index contributed by atoms with van der Waals surface area (Å²) in [6.07, 6.45) is 6.74. The Morgan fingerprint density at radius 3 is 2.33 bits per heavy atom. The molecule has 0 aromatic heterocycles. The zero-order valence-electron chi connectivity index (χ0n) is 9.72. The molecule has 1 nitrogen and oxygen atoms in total. The number of rotatable bonds is 2. The number of allylic oxidation sites excluding steroid dienone is 4. The van der Waals surface area contributed by atoms with Crippen LogP contribution in [-0.4, -0.2) is 13.9 Å². The van der Waals surface area contributed by atoms with Gasteiger partial charge in [-0.25, -0.2) is 0 Å². The van der Waals surface area contributed by atoms with Crippen molar-refractivity contribution < 1.29 is 4.79 Å². The van der Waals surface area contributed by atoms with Crippen molar-refractivity contribution in [2.24, 2.45) is 0 Å². The first-order valence-corrected chi connectivity index (χ1v) is 8.32. The number of carbonyl (C=O) groups excluding carboxylic acids is 1. The fraction of sp³-hybridized carbons (Fsp3) is 0.308. The molecule has 0 saturated heterocycles. The average Bonchev–Trinajstić information content (AvgIpc) is 2.11. The lowest BCUT2D eigenvalue weighted by atomic mass is 10.3. The van der Waals surface area contributed by atoms with E-state index in [2.05, 4.69) is 42.9 Å². The van der Waals surface area contributed by atoms with Gasteiger partial charge in [0.25, 0.3) is 0 Å². The number of hydrogen-bond donors (Lipinski definition) is 0. The standard InChI is InChI=1S/C13H16OSi/c1-5-6-7-10-13(14)11-8-9-12-15(2,3)4/h5-7,10H,1-4H3/b6-5+,10-7+. The third-order valence-electron chi connectivity index (χ3n) is 1.24. The van der Waals surface area contributed by atoms with E-state index in [9.17, 15) is 4.79 Å². The zero-order chi connectivity index (χ0) is 11.7. The first-order valence-electron chi connectivity index (χ1n) is 4.82. The molecule has 0 unspecified atom stereocenters. The predicted octanol–water partition coefficient (Wildman–Crippen LogP) is 2.57. The molecule has 15 heavy (non-hydrogen) atoms. The monoisotopic (exact) mass is 216 g/mol. The Kier molecular flexibility index (Phi) is 6.18. The highest BCUT2D eigenvalue weighted by Gasteiger charge is 2.06. The molecule has 78 valence electrons. The van der Waals surface area contributed by atoms with E-state index in [1.165, 1.54) is 6.08 Å². The molecule has 0 aliphatic rings. The zero-order valence-corrected chi connectivity index (χ0v) is 10.7. The first kappa shape index (κ1) is 13.5. The van der Waals surface area contributed by atoms with E-state index in [0.29, 0.717) is 0 Å². The van der Waals surface area contributed by atoms with Crippen LogP contribution in [0, 0.1) is 23.3 Å². The van der Waals surface area contributed by atoms with Crippen LogP contribution in [-0.2, 0) is 4.79 Å². The Hall–Kier alpha value is -1.51. The summed E-state index contributed by atoms with van der Waals surface area (Å²) in [6.45, 7) is 8.29. The summed E-state index contributed by atoms with van der Waals surface area (Å²) >= 11 is 0. The lowest BCUT2D eigenvalue weighted by Crippen LogP contribution is -2.16. The molecular formula is C13H16OSi. The van der Waals surface area contributed by atoms with Crippen molar-refractivity contribution in [1.29, 1.82) is 0 Å². The largest absolute Gasteiger partial charge is 0.280 e. The molecule has 0 aromatic carbocycles. The van der Waals surface area contributed by atoms with E-state index in [1.807, 2.05) is 13.0 Å². The van der Waals surface area contributed by atoms with Crippen LogP contribution in [0.1, 0.15) is 6.92 Å². The van der Waals surface area contributed by atoms with Gasteiger partial charge in [0.05, 0.1) is 0 Å². The Bertz CT molecular complexity index is 386. The molecule has 0 aromatic rings. The van der Waals surface area contributed by atoms with Crippen molar-refractivity contribution in [2.45, 2.75) is 26.6 Å². The van der Waals surface area contributed by atoms with Crippen LogP contribution in [0.25, 0.3) is 0 Å². The van der Waals surface area contributed by atoms with Crippen molar-refractivity contribution in [3.63, 3.8) is 0 Å². The second-order valence-electron chi connectivity index (χ2n) is 4.00. The van der Waals surface area contributed by atoms with Gasteiger partial charge < -0.3 is 0 Å². The van der Waals surface area contributed by atoms with Gasteiger partial charge >= 0.3 is 0 Å². The van der Waals surface area contributed by atoms with E-state index in [1.54, 1.807) is 12.2 Å². The Labute approximate surface area is 93.3 Å². The highest BCUT2D eigenvalue weighted by atomic mass is 28.3. The molecule has 0 aliphatic heterocycles. The molecular weight excluding hydrogens is 200 g/mol. The SMILES string of the molecule is C/C=C/C=C/C(=O)C#CC#C[Si](C)(C)C. The molecule has 0 saturated carbocycles. The van der Waals surface area contributed by atoms with Gasteiger partial charge in [-0.3, -0.25) is 4.79 Å². The summed E-state index contributed by atoms with van der Waals surface area (Å²) in [5.74, 6) is 7.53.